The Morgan fingerprint density at radius 3 is 2.87 bits per heavy atom. The van der Waals surface area contributed by atoms with Crippen LogP contribution in [-0.2, 0) is 9.59 Å². The second kappa shape index (κ2) is 5.53. The lowest BCUT2D eigenvalue weighted by molar-refractivity contribution is -0.137. The van der Waals surface area contributed by atoms with E-state index in [1.54, 1.807) is 4.90 Å². The monoisotopic (exact) mass is 211 g/mol. The number of carboxylic acids is 1. The van der Waals surface area contributed by atoms with Gasteiger partial charge in [0.1, 0.15) is 0 Å². The number of amides is 1. The normalized spacial score (nSPS) is 21.1. The summed E-state index contributed by atoms with van der Waals surface area (Å²) < 4.78 is 0. The predicted octanol–water partition coefficient (Wildman–Crippen LogP) is 1.28. The summed E-state index contributed by atoms with van der Waals surface area (Å²) in [7, 11) is 0. The molecule has 0 aromatic carbocycles. The Morgan fingerprint density at radius 2 is 2.27 bits per heavy atom. The summed E-state index contributed by atoms with van der Waals surface area (Å²) in [6.45, 7) is 4.90. The molecule has 1 amide bonds. The molecule has 1 aliphatic rings. The number of piperidine rings is 1. The van der Waals surface area contributed by atoms with Crippen molar-refractivity contribution in [2.75, 3.05) is 13.1 Å². The fourth-order valence-corrected chi connectivity index (χ4v) is 1.96. The molecule has 1 saturated heterocycles. The third kappa shape index (κ3) is 3.73. The van der Waals surface area contributed by atoms with Gasteiger partial charge in [-0.3, -0.25) is 9.59 Å². The summed E-state index contributed by atoms with van der Waals surface area (Å²) >= 11 is 0. The van der Waals surface area contributed by atoms with Crippen LogP contribution in [0.5, 0.6) is 0 Å². The summed E-state index contributed by atoms with van der Waals surface area (Å²) in [6.07, 6.45) is 4.16. The van der Waals surface area contributed by atoms with Crippen molar-refractivity contribution >= 4 is 11.9 Å². The van der Waals surface area contributed by atoms with Crippen LogP contribution in [0.2, 0.25) is 0 Å². The molecule has 1 aliphatic heterocycles. The van der Waals surface area contributed by atoms with Crippen molar-refractivity contribution in [3.8, 4) is 0 Å². The van der Waals surface area contributed by atoms with E-state index in [9.17, 15) is 9.59 Å². The fraction of sp³-hybridized carbons (Fsp3) is 0.636. The van der Waals surface area contributed by atoms with Crippen molar-refractivity contribution < 1.29 is 14.7 Å². The second-order valence-corrected chi connectivity index (χ2v) is 3.93. The van der Waals surface area contributed by atoms with Crippen molar-refractivity contribution in [3.05, 3.63) is 12.7 Å². The number of hydrogen-bond acceptors (Lipinski definition) is 2. The molecular weight excluding hydrogens is 194 g/mol. The number of rotatable bonds is 4. The molecule has 0 bridgehead atoms. The highest BCUT2D eigenvalue weighted by Gasteiger charge is 2.22. The summed E-state index contributed by atoms with van der Waals surface area (Å²) in [4.78, 5) is 23.5. The van der Waals surface area contributed by atoms with Crippen molar-refractivity contribution in [2.24, 2.45) is 5.92 Å². The maximum atomic E-state index is 11.3. The number of nitrogens with zero attached hydrogens (tertiary/aromatic N) is 1. The van der Waals surface area contributed by atoms with E-state index < -0.39 is 5.97 Å². The molecule has 4 heteroatoms. The number of hydrogen-bond donors (Lipinski definition) is 1. The Kier molecular flexibility index (Phi) is 4.34. The van der Waals surface area contributed by atoms with Gasteiger partial charge in [-0.05, 0) is 31.3 Å². The first-order valence-electron chi connectivity index (χ1n) is 5.26. The minimum Gasteiger partial charge on any atom is -0.481 e. The van der Waals surface area contributed by atoms with Crippen LogP contribution in [-0.4, -0.2) is 35.0 Å². The molecule has 15 heavy (non-hydrogen) atoms. The van der Waals surface area contributed by atoms with E-state index in [1.807, 2.05) is 0 Å². The van der Waals surface area contributed by atoms with Gasteiger partial charge in [0.05, 0.1) is 0 Å². The van der Waals surface area contributed by atoms with Gasteiger partial charge in [-0.1, -0.05) is 6.58 Å². The van der Waals surface area contributed by atoms with Gasteiger partial charge in [-0.2, -0.15) is 0 Å². The molecule has 0 spiro atoms. The Morgan fingerprint density at radius 1 is 1.53 bits per heavy atom. The smallest absolute Gasteiger partial charge is 0.303 e. The minimum atomic E-state index is -0.762. The SMILES string of the molecule is C=CC(=O)N1CCCC(CCC(=O)O)C1. The largest absolute Gasteiger partial charge is 0.481 e. The van der Waals surface area contributed by atoms with Crippen LogP contribution in [0.1, 0.15) is 25.7 Å². The zero-order valence-corrected chi connectivity index (χ0v) is 8.82. The highest BCUT2D eigenvalue weighted by atomic mass is 16.4. The molecular formula is C11H17NO3. The Bertz CT molecular complexity index is 263. The van der Waals surface area contributed by atoms with E-state index in [2.05, 4.69) is 6.58 Å². The number of carboxylic acid groups (broad SMARTS) is 1. The summed E-state index contributed by atoms with van der Waals surface area (Å²) in [5.74, 6) is -0.476. The van der Waals surface area contributed by atoms with Gasteiger partial charge in [0.2, 0.25) is 5.91 Å². The summed E-state index contributed by atoms with van der Waals surface area (Å²) in [5.41, 5.74) is 0. The quantitative estimate of drug-likeness (QED) is 0.712. The average Bonchev–Trinajstić information content (AvgIpc) is 2.25. The molecule has 1 unspecified atom stereocenters. The van der Waals surface area contributed by atoms with Gasteiger partial charge in [0.25, 0.3) is 0 Å². The first-order chi connectivity index (χ1) is 7.13. The Labute approximate surface area is 89.6 Å². The molecule has 1 rings (SSSR count). The zero-order valence-electron chi connectivity index (χ0n) is 8.82. The van der Waals surface area contributed by atoms with Crippen molar-refractivity contribution in [3.63, 3.8) is 0 Å². The van der Waals surface area contributed by atoms with E-state index >= 15 is 0 Å². The van der Waals surface area contributed by atoms with Crippen LogP contribution >= 0.6 is 0 Å². The number of likely N-dealkylation sites (tertiary alicyclic amines) is 1. The van der Waals surface area contributed by atoms with E-state index in [4.69, 9.17) is 5.11 Å². The molecule has 4 nitrogen and oxygen atoms in total. The maximum absolute atomic E-state index is 11.3. The van der Waals surface area contributed by atoms with E-state index in [0.717, 1.165) is 19.4 Å². The van der Waals surface area contributed by atoms with Crippen molar-refractivity contribution in [2.45, 2.75) is 25.7 Å². The second-order valence-electron chi connectivity index (χ2n) is 3.93. The number of aliphatic carboxylic acids is 1. The molecule has 1 N–H and O–H groups in total. The van der Waals surface area contributed by atoms with Gasteiger partial charge in [0, 0.05) is 19.5 Å². The predicted molar refractivity (Wildman–Crippen MR) is 56.4 cm³/mol. The molecule has 0 aromatic rings. The van der Waals surface area contributed by atoms with Crippen LogP contribution in [0.25, 0.3) is 0 Å². The molecule has 0 aliphatic carbocycles. The minimum absolute atomic E-state index is 0.0463. The molecule has 1 heterocycles. The maximum Gasteiger partial charge on any atom is 0.303 e. The Hall–Kier alpha value is -1.32. The van der Waals surface area contributed by atoms with Crippen LogP contribution in [0.4, 0.5) is 0 Å². The fourth-order valence-electron chi connectivity index (χ4n) is 1.96. The summed E-state index contributed by atoms with van der Waals surface area (Å²) in [5, 5.41) is 8.57. The molecule has 1 atom stereocenters. The van der Waals surface area contributed by atoms with Crippen LogP contribution in [0.3, 0.4) is 0 Å². The lowest BCUT2D eigenvalue weighted by Gasteiger charge is -2.31. The van der Waals surface area contributed by atoms with E-state index in [-0.39, 0.29) is 12.3 Å². The topological polar surface area (TPSA) is 57.6 Å². The third-order valence-corrected chi connectivity index (χ3v) is 2.77. The molecule has 0 saturated carbocycles. The van der Waals surface area contributed by atoms with Gasteiger partial charge in [-0.15, -0.1) is 0 Å². The summed E-state index contributed by atoms with van der Waals surface area (Å²) in [6, 6.07) is 0. The van der Waals surface area contributed by atoms with E-state index in [0.29, 0.717) is 18.9 Å². The highest BCUT2D eigenvalue weighted by Crippen LogP contribution is 2.21. The molecule has 84 valence electrons. The van der Waals surface area contributed by atoms with Crippen molar-refractivity contribution in [1.29, 1.82) is 0 Å². The first-order valence-corrected chi connectivity index (χ1v) is 5.26. The standard InChI is InChI=1S/C11H17NO3/c1-2-10(13)12-7-3-4-9(8-12)5-6-11(14)15/h2,9H,1,3-8H2,(H,14,15). The van der Waals surface area contributed by atoms with Crippen LogP contribution < -0.4 is 0 Å². The third-order valence-electron chi connectivity index (χ3n) is 2.77. The first kappa shape index (κ1) is 11.8. The van der Waals surface area contributed by atoms with Gasteiger partial charge < -0.3 is 10.0 Å². The molecule has 0 radical (unpaired) electrons. The van der Waals surface area contributed by atoms with Crippen LogP contribution in [0, 0.1) is 5.92 Å². The Balaban J connectivity index is 2.38. The number of carbonyl (C=O) groups is 2. The molecule has 1 fully saturated rings. The zero-order chi connectivity index (χ0) is 11.3. The van der Waals surface area contributed by atoms with Gasteiger partial charge in [0.15, 0.2) is 0 Å². The van der Waals surface area contributed by atoms with E-state index in [1.165, 1.54) is 6.08 Å². The van der Waals surface area contributed by atoms with Gasteiger partial charge in [-0.25, -0.2) is 0 Å². The van der Waals surface area contributed by atoms with Gasteiger partial charge >= 0.3 is 5.97 Å². The highest BCUT2D eigenvalue weighted by molar-refractivity contribution is 5.87. The van der Waals surface area contributed by atoms with Crippen LogP contribution in [0.15, 0.2) is 12.7 Å². The molecule has 0 aromatic heterocycles. The van der Waals surface area contributed by atoms with Crippen molar-refractivity contribution in [1.82, 2.24) is 4.90 Å². The number of carbonyl (C=O) groups excluding carboxylic acids is 1. The lowest BCUT2D eigenvalue weighted by Crippen LogP contribution is -2.39. The average molecular weight is 211 g/mol. The lowest BCUT2D eigenvalue weighted by atomic mass is 9.93.